The molecule has 0 aromatic rings. The van der Waals surface area contributed by atoms with Crippen molar-refractivity contribution in [1.29, 1.82) is 5.26 Å². The maximum atomic E-state index is 8.38. The minimum atomic E-state index is 0.565. The van der Waals surface area contributed by atoms with Gasteiger partial charge in [0.2, 0.25) is 0 Å². The van der Waals surface area contributed by atoms with Gasteiger partial charge in [0.1, 0.15) is 6.07 Å². The highest BCUT2D eigenvalue weighted by Crippen LogP contribution is 2.25. The summed E-state index contributed by atoms with van der Waals surface area (Å²) in [6.07, 6.45) is 2.98. The van der Waals surface area contributed by atoms with Crippen molar-refractivity contribution >= 4 is 11.8 Å². The third kappa shape index (κ3) is 7.43. The smallest absolute Gasteiger partial charge is 0.106 e. The van der Waals surface area contributed by atoms with E-state index in [0.29, 0.717) is 4.91 Å². The molecule has 0 rings (SSSR count). The van der Waals surface area contributed by atoms with Crippen molar-refractivity contribution in [3.63, 3.8) is 0 Å². The molecule has 0 radical (unpaired) electrons. The van der Waals surface area contributed by atoms with Gasteiger partial charge < -0.3 is 0 Å². The van der Waals surface area contributed by atoms with Crippen LogP contribution in [0.1, 0.15) is 34.1 Å². The number of hydrogen-bond donors (Lipinski definition) is 0. The van der Waals surface area contributed by atoms with Crippen LogP contribution in [0.25, 0.3) is 0 Å². The zero-order chi connectivity index (χ0) is 9.98. The Hall–Kier alpha value is -0.680. The molecule has 0 aromatic carbocycles. The van der Waals surface area contributed by atoms with Crippen LogP contribution >= 0.6 is 11.8 Å². The summed E-state index contributed by atoms with van der Waals surface area (Å²) >= 11 is 1.45. The van der Waals surface area contributed by atoms with E-state index in [9.17, 15) is 0 Å². The van der Waals surface area contributed by atoms with Crippen LogP contribution in [0.15, 0.2) is 22.5 Å². The lowest BCUT2D eigenvalue weighted by molar-refractivity contribution is 1.19. The van der Waals surface area contributed by atoms with Crippen LogP contribution in [0.5, 0.6) is 0 Å². The van der Waals surface area contributed by atoms with E-state index >= 15 is 0 Å². The third-order valence-corrected chi connectivity index (χ3v) is 2.17. The van der Waals surface area contributed by atoms with Crippen molar-refractivity contribution in [2.45, 2.75) is 34.1 Å². The fourth-order valence-electron chi connectivity index (χ4n) is 0.516. The molecule has 0 N–H and O–H groups in total. The van der Waals surface area contributed by atoms with Crippen LogP contribution in [0, 0.1) is 11.3 Å². The number of thioether (sulfide) groups is 1. The second-order valence-electron chi connectivity index (χ2n) is 1.75. The average molecular weight is 183 g/mol. The van der Waals surface area contributed by atoms with Gasteiger partial charge in [-0.3, -0.25) is 0 Å². The van der Waals surface area contributed by atoms with Gasteiger partial charge >= 0.3 is 0 Å². The molecule has 0 amide bonds. The highest BCUT2D eigenvalue weighted by atomic mass is 32.2. The molecule has 1 nitrogen and oxygen atoms in total. The molecular formula is C10H17NS. The molecule has 2 heteroatoms. The van der Waals surface area contributed by atoms with E-state index < -0.39 is 0 Å². The lowest BCUT2D eigenvalue weighted by atomic mass is 10.4. The number of hydrogen-bond acceptors (Lipinski definition) is 2. The van der Waals surface area contributed by atoms with Crippen molar-refractivity contribution in [3.05, 3.63) is 22.5 Å². The Morgan fingerprint density at radius 2 is 2.08 bits per heavy atom. The summed E-state index contributed by atoms with van der Waals surface area (Å²) in [6, 6.07) is 1.99. The lowest BCUT2D eigenvalue weighted by Gasteiger charge is -1.98. The maximum Gasteiger partial charge on any atom is 0.106 e. The van der Waals surface area contributed by atoms with Gasteiger partial charge in [0.15, 0.2) is 0 Å². The Labute approximate surface area is 80.2 Å². The summed E-state index contributed by atoms with van der Waals surface area (Å²) in [5.41, 5.74) is 0. The van der Waals surface area contributed by atoms with Crippen molar-refractivity contribution in [3.8, 4) is 6.07 Å². The SMILES string of the molecule is C=C(C#N)S/C(=C\C)CC.CC. The monoisotopic (exact) mass is 183 g/mol. The van der Waals surface area contributed by atoms with Crippen LogP contribution in [0.3, 0.4) is 0 Å². The van der Waals surface area contributed by atoms with E-state index in [4.69, 9.17) is 5.26 Å². The third-order valence-electron chi connectivity index (χ3n) is 1.05. The number of nitriles is 1. The predicted octanol–water partition coefficient (Wildman–Crippen LogP) is 4.10. The second-order valence-corrected chi connectivity index (χ2v) is 2.97. The summed E-state index contributed by atoms with van der Waals surface area (Å²) in [5, 5.41) is 8.38. The van der Waals surface area contributed by atoms with E-state index in [1.165, 1.54) is 16.7 Å². The Kier molecular flexibility index (Phi) is 11.9. The molecule has 0 aliphatic carbocycles. The Morgan fingerprint density at radius 1 is 1.58 bits per heavy atom. The van der Waals surface area contributed by atoms with Gasteiger partial charge in [0, 0.05) is 0 Å². The van der Waals surface area contributed by atoms with Crippen LogP contribution in [-0.4, -0.2) is 0 Å². The molecule has 0 aliphatic rings. The van der Waals surface area contributed by atoms with Crippen molar-refractivity contribution in [2.75, 3.05) is 0 Å². The first kappa shape index (κ1) is 13.9. The first-order chi connectivity index (χ1) is 5.74. The van der Waals surface area contributed by atoms with Gasteiger partial charge in [0.05, 0.1) is 4.91 Å². The Morgan fingerprint density at radius 3 is 2.33 bits per heavy atom. The molecule has 0 saturated carbocycles. The summed E-state index contributed by atoms with van der Waals surface area (Å²) < 4.78 is 0. The predicted molar refractivity (Wildman–Crippen MR) is 57.7 cm³/mol. The van der Waals surface area contributed by atoms with E-state index in [1.807, 2.05) is 32.9 Å². The number of allylic oxidation sites excluding steroid dienone is 3. The van der Waals surface area contributed by atoms with Gasteiger partial charge in [-0.2, -0.15) is 5.26 Å². The lowest BCUT2D eigenvalue weighted by Crippen LogP contribution is -1.72. The molecule has 0 unspecified atom stereocenters. The fraction of sp³-hybridized carbons (Fsp3) is 0.500. The highest BCUT2D eigenvalue weighted by molar-refractivity contribution is 8.06. The number of nitrogens with zero attached hydrogens (tertiary/aromatic N) is 1. The molecule has 0 aromatic heterocycles. The first-order valence-electron chi connectivity index (χ1n) is 4.16. The molecule has 0 fully saturated rings. The molecule has 0 heterocycles. The van der Waals surface area contributed by atoms with Gasteiger partial charge in [-0.25, -0.2) is 0 Å². The van der Waals surface area contributed by atoms with Gasteiger partial charge in [0.25, 0.3) is 0 Å². The minimum absolute atomic E-state index is 0.565. The molecular weight excluding hydrogens is 166 g/mol. The average Bonchev–Trinajstić information content (AvgIpc) is 2.16. The van der Waals surface area contributed by atoms with Gasteiger partial charge in [-0.15, -0.1) is 0 Å². The van der Waals surface area contributed by atoms with E-state index in [2.05, 4.69) is 13.5 Å². The fourth-order valence-corrected chi connectivity index (χ4v) is 1.14. The molecule has 68 valence electrons. The maximum absolute atomic E-state index is 8.38. The zero-order valence-corrected chi connectivity index (χ0v) is 9.16. The van der Waals surface area contributed by atoms with E-state index in [0.717, 1.165) is 6.42 Å². The van der Waals surface area contributed by atoms with E-state index in [1.54, 1.807) is 0 Å². The van der Waals surface area contributed by atoms with Crippen LogP contribution in [0.4, 0.5) is 0 Å². The van der Waals surface area contributed by atoms with Gasteiger partial charge in [-0.05, 0) is 18.2 Å². The standard InChI is InChI=1S/C8H11NS.C2H6/c1-4-8(5-2)10-7(3)6-9;1-2/h4H,3,5H2,1-2H3;1-2H3/b8-4-;. The summed E-state index contributed by atoms with van der Waals surface area (Å²) in [5.74, 6) is 0. The summed E-state index contributed by atoms with van der Waals surface area (Å²) in [7, 11) is 0. The summed E-state index contributed by atoms with van der Waals surface area (Å²) in [6.45, 7) is 11.6. The van der Waals surface area contributed by atoms with Crippen LogP contribution in [-0.2, 0) is 0 Å². The molecule has 0 spiro atoms. The van der Waals surface area contributed by atoms with Gasteiger partial charge in [-0.1, -0.05) is 45.2 Å². The van der Waals surface area contributed by atoms with Crippen molar-refractivity contribution in [2.24, 2.45) is 0 Å². The second kappa shape index (κ2) is 10.3. The molecule has 0 bridgehead atoms. The van der Waals surface area contributed by atoms with Crippen LogP contribution in [0.2, 0.25) is 0 Å². The first-order valence-corrected chi connectivity index (χ1v) is 4.98. The largest absolute Gasteiger partial charge is 0.192 e. The minimum Gasteiger partial charge on any atom is -0.192 e. The Bertz CT molecular complexity index is 187. The normalized spacial score (nSPS) is 9.42. The summed E-state index contributed by atoms with van der Waals surface area (Å²) in [4.78, 5) is 1.77. The molecule has 0 atom stereocenters. The number of rotatable bonds is 3. The Balaban J connectivity index is 0. The van der Waals surface area contributed by atoms with Crippen molar-refractivity contribution in [1.82, 2.24) is 0 Å². The highest BCUT2D eigenvalue weighted by Gasteiger charge is 1.95. The zero-order valence-electron chi connectivity index (χ0n) is 8.35. The topological polar surface area (TPSA) is 23.8 Å². The van der Waals surface area contributed by atoms with Crippen molar-refractivity contribution < 1.29 is 0 Å². The van der Waals surface area contributed by atoms with E-state index in [-0.39, 0.29) is 0 Å². The molecule has 0 aliphatic heterocycles. The quantitative estimate of drug-likeness (QED) is 0.615. The van der Waals surface area contributed by atoms with Crippen LogP contribution < -0.4 is 0 Å². The molecule has 0 saturated heterocycles. The molecule has 12 heavy (non-hydrogen) atoms.